The van der Waals surface area contributed by atoms with E-state index in [1.807, 2.05) is 0 Å². The number of nitrogens with zero attached hydrogens (tertiary/aromatic N) is 1. The molecule has 1 aromatic rings. The number of amides is 1. The lowest BCUT2D eigenvalue weighted by molar-refractivity contribution is -0.143. The number of hydrogen-bond acceptors (Lipinski definition) is 6. The number of nitrogens with one attached hydrogen (secondary N) is 1. The minimum atomic E-state index is -0.943. The van der Waals surface area contributed by atoms with E-state index in [1.54, 1.807) is 26.8 Å². The highest BCUT2D eigenvalue weighted by atomic mass is 35.5. The van der Waals surface area contributed by atoms with Gasteiger partial charge in [-0.1, -0.05) is 11.6 Å². The Morgan fingerprint density at radius 3 is 2.64 bits per heavy atom. The van der Waals surface area contributed by atoms with E-state index in [2.05, 4.69) is 10.3 Å². The number of carbonyl (C=O) groups is 2. The number of ether oxygens (including phenoxy) is 3. The molecule has 0 radical (unpaired) electrons. The van der Waals surface area contributed by atoms with E-state index in [0.29, 0.717) is 16.5 Å². The van der Waals surface area contributed by atoms with Gasteiger partial charge in [-0.3, -0.25) is 0 Å². The van der Waals surface area contributed by atoms with Crippen molar-refractivity contribution in [1.29, 1.82) is 0 Å². The Morgan fingerprint density at radius 2 is 2.08 bits per heavy atom. The molecule has 0 aliphatic heterocycles. The van der Waals surface area contributed by atoms with Gasteiger partial charge in [0.2, 0.25) is 5.88 Å². The number of esters is 1. The Bertz CT molecular complexity index is 640. The molecule has 25 heavy (non-hydrogen) atoms. The number of methoxy groups -OCH3 is 1. The van der Waals surface area contributed by atoms with Gasteiger partial charge in [0.05, 0.1) is 12.1 Å². The standard InChI is InChI=1S/C17H23ClN2O5/c1-17(2,3)25-16(22)20-13(15(21)23-4)8-10-7-11(18)9-19-14(10)24-12-5-6-12/h7,9,12-13H,5-6,8H2,1-4H3,(H,20,22)/t13-/m1/s1. The molecule has 0 bridgehead atoms. The van der Waals surface area contributed by atoms with Gasteiger partial charge in [0.1, 0.15) is 17.7 Å². The molecule has 0 saturated heterocycles. The second kappa shape index (κ2) is 7.91. The Labute approximate surface area is 152 Å². The number of alkyl carbamates (subject to hydrolysis) is 1. The summed E-state index contributed by atoms with van der Waals surface area (Å²) in [6.45, 7) is 5.21. The summed E-state index contributed by atoms with van der Waals surface area (Å²) in [5.41, 5.74) is -0.0614. The fourth-order valence-electron chi connectivity index (χ4n) is 2.07. The van der Waals surface area contributed by atoms with Gasteiger partial charge in [-0.05, 0) is 39.7 Å². The van der Waals surface area contributed by atoms with Crippen molar-refractivity contribution >= 4 is 23.7 Å². The minimum absolute atomic E-state index is 0.127. The lowest BCUT2D eigenvalue weighted by Crippen LogP contribution is -2.45. The molecule has 7 nitrogen and oxygen atoms in total. The summed E-state index contributed by atoms with van der Waals surface area (Å²) in [5, 5.41) is 2.94. The normalized spacial score (nSPS) is 15.2. The zero-order valence-electron chi connectivity index (χ0n) is 14.8. The molecule has 1 N–H and O–H groups in total. The predicted octanol–water partition coefficient (Wildman–Crippen LogP) is 2.89. The Morgan fingerprint density at radius 1 is 1.40 bits per heavy atom. The van der Waals surface area contributed by atoms with Crippen molar-refractivity contribution in [3.63, 3.8) is 0 Å². The molecule has 8 heteroatoms. The van der Waals surface area contributed by atoms with Crippen LogP contribution in [0, 0.1) is 0 Å². The van der Waals surface area contributed by atoms with Crippen LogP contribution in [0.4, 0.5) is 4.79 Å². The van der Waals surface area contributed by atoms with Crippen LogP contribution in [0.5, 0.6) is 5.88 Å². The molecule has 1 saturated carbocycles. The maximum atomic E-state index is 12.1. The summed E-state index contributed by atoms with van der Waals surface area (Å²) < 4.78 is 15.7. The molecule has 0 unspecified atom stereocenters. The third-order valence-corrected chi connectivity index (χ3v) is 3.50. The first-order valence-electron chi connectivity index (χ1n) is 8.06. The quantitative estimate of drug-likeness (QED) is 0.775. The van der Waals surface area contributed by atoms with Crippen LogP contribution in [-0.4, -0.2) is 41.9 Å². The molecule has 0 aromatic carbocycles. The monoisotopic (exact) mass is 370 g/mol. The van der Waals surface area contributed by atoms with E-state index in [0.717, 1.165) is 12.8 Å². The molecule has 1 atom stereocenters. The molecule has 1 amide bonds. The van der Waals surface area contributed by atoms with E-state index in [9.17, 15) is 9.59 Å². The first-order valence-corrected chi connectivity index (χ1v) is 8.44. The molecule has 1 aliphatic rings. The first kappa shape index (κ1) is 19.3. The van der Waals surface area contributed by atoms with Crippen LogP contribution in [0.2, 0.25) is 5.02 Å². The van der Waals surface area contributed by atoms with E-state index in [4.69, 9.17) is 25.8 Å². The number of pyridine rings is 1. The molecule has 2 rings (SSSR count). The molecule has 138 valence electrons. The fraction of sp³-hybridized carbons (Fsp3) is 0.588. The number of aromatic nitrogens is 1. The summed E-state index contributed by atoms with van der Waals surface area (Å²) in [4.78, 5) is 28.3. The zero-order chi connectivity index (χ0) is 18.6. The molecule has 0 spiro atoms. The summed E-state index contributed by atoms with van der Waals surface area (Å²) in [6.07, 6.45) is 2.99. The maximum absolute atomic E-state index is 12.1. The van der Waals surface area contributed by atoms with Crippen LogP contribution >= 0.6 is 11.6 Å². The number of hydrogen-bond donors (Lipinski definition) is 1. The average molecular weight is 371 g/mol. The third kappa shape index (κ3) is 6.42. The van der Waals surface area contributed by atoms with Crippen molar-refractivity contribution < 1.29 is 23.8 Å². The first-order chi connectivity index (χ1) is 11.7. The number of halogens is 1. The van der Waals surface area contributed by atoms with Crippen molar-refractivity contribution in [3.05, 3.63) is 22.8 Å². The number of rotatable bonds is 6. The molecular weight excluding hydrogens is 348 g/mol. The highest BCUT2D eigenvalue weighted by Crippen LogP contribution is 2.29. The van der Waals surface area contributed by atoms with Gasteiger partial charge < -0.3 is 19.5 Å². The van der Waals surface area contributed by atoms with Gasteiger partial charge in [0, 0.05) is 18.2 Å². The summed E-state index contributed by atoms with van der Waals surface area (Å²) in [6, 6.07) is 0.723. The second-order valence-electron chi connectivity index (χ2n) is 6.86. The van der Waals surface area contributed by atoms with Gasteiger partial charge in [-0.25, -0.2) is 14.6 Å². The molecule has 1 aromatic heterocycles. The van der Waals surface area contributed by atoms with Crippen molar-refractivity contribution in [2.45, 2.75) is 57.8 Å². The van der Waals surface area contributed by atoms with Crippen LogP contribution in [-0.2, 0) is 20.7 Å². The summed E-state index contributed by atoms with van der Waals surface area (Å²) in [7, 11) is 1.25. The summed E-state index contributed by atoms with van der Waals surface area (Å²) in [5.74, 6) is -0.185. The minimum Gasteiger partial charge on any atom is -0.474 e. The lowest BCUT2D eigenvalue weighted by atomic mass is 10.1. The van der Waals surface area contributed by atoms with Crippen LogP contribution in [0.1, 0.15) is 39.2 Å². The van der Waals surface area contributed by atoms with Gasteiger partial charge in [-0.2, -0.15) is 0 Å². The largest absolute Gasteiger partial charge is 0.474 e. The molecule has 1 heterocycles. The SMILES string of the molecule is COC(=O)[C@@H](Cc1cc(Cl)cnc1OC1CC1)NC(=O)OC(C)(C)C. The smallest absolute Gasteiger partial charge is 0.408 e. The van der Waals surface area contributed by atoms with E-state index >= 15 is 0 Å². The fourth-order valence-corrected chi connectivity index (χ4v) is 2.25. The van der Waals surface area contributed by atoms with Gasteiger partial charge >= 0.3 is 12.1 Å². The summed E-state index contributed by atoms with van der Waals surface area (Å²) >= 11 is 6.01. The Hall–Kier alpha value is -2.02. The third-order valence-electron chi connectivity index (χ3n) is 3.30. The molecular formula is C17H23ClN2O5. The Kier molecular flexibility index (Phi) is 6.11. The van der Waals surface area contributed by atoms with Crippen LogP contribution < -0.4 is 10.1 Å². The van der Waals surface area contributed by atoms with Crippen molar-refractivity contribution in [2.24, 2.45) is 0 Å². The molecule has 1 fully saturated rings. The number of carbonyl (C=O) groups excluding carboxylic acids is 2. The van der Waals surface area contributed by atoms with Crippen LogP contribution in [0.3, 0.4) is 0 Å². The van der Waals surface area contributed by atoms with Gasteiger partial charge in [0.25, 0.3) is 0 Å². The van der Waals surface area contributed by atoms with E-state index in [-0.39, 0.29) is 12.5 Å². The van der Waals surface area contributed by atoms with Crippen molar-refractivity contribution in [3.8, 4) is 5.88 Å². The van der Waals surface area contributed by atoms with Crippen LogP contribution in [0.15, 0.2) is 12.3 Å². The average Bonchev–Trinajstić information content (AvgIpc) is 3.30. The maximum Gasteiger partial charge on any atom is 0.408 e. The zero-order valence-corrected chi connectivity index (χ0v) is 15.6. The lowest BCUT2D eigenvalue weighted by Gasteiger charge is -2.23. The van der Waals surface area contributed by atoms with E-state index < -0.39 is 23.7 Å². The highest BCUT2D eigenvalue weighted by molar-refractivity contribution is 6.30. The van der Waals surface area contributed by atoms with Gasteiger partial charge in [0.15, 0.2) is 0 Å². The van der Waals surface area contributed by atoms with E-state index in [1.165, 1.54) is 13.3 Å². The van der Waals surface area contributed by atoms with Crippen molar-refractivity contribution in [2.75, 3.05) is 7.11 Å². The Balaban J connectivity index is 2.14. The predicted molar refractivity (Wildman–Crippen MR) is 91.8 cm³/mol. The molecule has 1 aliphatic carbocycles. The van der Waals surface area contributed by atoms with Crippen LogP contribution in [0.25, 0.3) is 0 Å². The second-order valence-corrected chi connectivity index (χ2v) is 7.30. The highest BCUT2D eigenvalue weighted by Gasteiger charge is 2.29. The van der Waals surface area contributed by atoms with Gasteiger partial charge in [-0.15, -0.1) is 0 Å². The van der Waals surface area contributed by atoms with Crippen molar-refractivity contribution in [1.82, 2.24) is 10.3 Å². The topological polar surface area (TPSA) is 86.8 Å².